The van der Waals surface area contributed by atoms with Crippen LogP contribution in [0, 0.1) is 5.92 Å². The van der Waals surface area contributed by atoms with Crippen molar-refractivity contribution in [3.8, 4) is 5.75 Å². The second-order valence-corrected chi connectivity index (χ2v) is 4.15. The summed E-state index contributed by atoms with van der Waals surface area (Å²) in [5.41, 5.74) is -0.661. The molecule has 0 aromatic heterocycles. The van der Waals surface area contributed by atoms with E-state index in [0.29, 0.717) is 13.2 Å². The number of para-hydroxylation sites is 1. The van der Waals surface area contributed by atoms with Crippen LogP contribution in [0.4, 0.5) is 12.9 Å². The van der Waals surface area contributed by atoms with Gasteiger partial charge in [-0.15, -0.1) is 0 Å². The van der Waals surface area contributed by atoms with E-state index in [0.717, 1.165) is 12.5 Å². The Kier molecular flexibility index (Phi) is 6.71. The Balaban J connectivity index is 0.00000162. The largest absolute Gasteiger partial charge is 1.00 e. The number of rotatable bonds is 4. The minimum Gasteiger partial charge on any atom is -0.496 e. The van der Waals surface area contributed by atoms with E-state index in [1.54, 1.807) is 6.07 Å². The summed E-state index contributed by atoms with van der Waals surface area (Å²) in [6.45, 7) is -3.50. The summed E-state index contributed by atoms with van der Waals surface area (Å²) in [6, 6.07) is 5.34. The third-order valence-electron chi connectivity index (χ3n) is 2.77. The van der Waals surface area contributed by atoms with Crippen molar-refractivity contribution in [2.75, 3.05) is 19.8 Å². The quantitative estimate of drug-likeness (QED) is 0.671. The molecule has 0 radical (unpaired) electrons. The molecule has 1 atom stereocenters. The molecule has 7 heteroatoms. The molecule has 0 spiro atoms. The van der Waals surface area contributed by atoms with Gasteiger partial charge in [-0.25, -0.2) is 0 Å². The Morgan fingerprint density at radius 1 is 1.28 bits per heavy atom. The summed E-state index contributed by atoms with van der Waals surface area (Å²) < 4.78 is 48.5. The van der Waals surface area contributed by atoms with Crippen LogP contribution in [0.1, 0.15) is 6.42 Å². The molecule has 2 rings (SSSR count). The standard InChI is InChI=1S/C11H13BF3O2.K/c13-12(14,15)10-3-1-2-4-11(10)17-8-9-5-6-16-7-9;/h1-4,9H,5-8H2;/q-1;+1. The van der Waals surface area contributed by atoms with Crippen molar-refractivity contribution in [1.29, 1.82) is 0 Å². The smallest absolute Gasteiger partial charge is 0.496 e. The van der Waals surface area contributed by atoms with E-state index in [4.69, 9.17) is 9.47 Å². The molecule has 0 saturated carbocycles. The molecule has 1 saturated heterocycles. The minimum absolute atomic E-state index is 0. The van der Waals surface area contributed by atoms with Crippen molar-refractivity contribution < 1.29 is 73.8 Å². The van der Waals surface area contributed by atoms with Crippen molar-refractivity contribution in [2.24, 2.45) is 5.92 Å². The van der Waals surface area contributed by atoms with Gasteiger partial charge >= 0.3 is 58.4 Å². The normalized spacial score (nSPS) is 19.4. The molecule has 0 N–H and O–H groups in total. The Hall–Kier alpha value is 0.471. The molecule has 2 nitrogen and oxygen atoms in total. The van der Waals surface area contributed by atoms with E-state index in [9.17, 15) is 12.9 Å². The number of halogens is 3. The fourth-order valence-corrected chi connectivity index (χ4v) is 1.80. The zero-order chi connectivity index (χ0) is 12.3. The maximum Gasteiger partial charge on any atom is 1.00 e. The second kappa shape index (κ2) is 7.31. The van der Waals surface area contributed by atoms with Crippen LogP contribution < -0.4 is 61.6 Å². The van der Waals surface area contributed by atoms with Gasteiger partial charge in [-0.05, 0) is 12.5 Å². The zero-order valence-corrected chi connectivity index (χ0v) is 13.4. The third-order valence-corrected chi connectivity index (χ3v) is 2.77. The maximum atomic E-state index is 12.7. The molecule has 94 valence electrons. The van der Waals surface area contributed by atoms with Gasteiger partial charge in [-0.1, -0.05) is 23.7 Å². The van der Waals surface area contributed by atoms with E-state index >= 15 is 0 Å². The first-order chi connectivity index (χ1) is 8.07. The molecule has 1 aliphatic rings. The van der Waals surface area contributed by atoms with Gasteiger partial charge in [0.25, 0.3) is 0 Å². The first-order valence-corrected chi connectivity index (χ1v) is 5.57. The Labute approximate surface area is 147 Å². The topological polar surface area (TPSA) is 18.5 Å². The summed E-state index contributed by atoms with van der Waals surface area (Å²) in [4.78, 5) is 0. The van der Waals surface area contributed by atoms with E-state index < -0.39 is 12.4 Å². The van der Waals surface area contributed by atoms with Crippen molar-refractivity contribution in [3.05, 3.63) is 24.3 Å². The number of ether oxygens (including phenoxy) is 2. The first-order valence-electron chi connectivity index (χ1n) is 5.57. The molecule has 0 amide bonds. The van der Waals surface area contributed by atoms with E-state index in [1.807, 2.05) is 0 Å². The molecule has 0 bridgehead atoms. The first kappa shape index (κ1) is 16.5. The molecule has 18 heavy (non-hydrogen) atoms. The van der Waals surface area contributed by atoms with Crippen LogP contribution in [0.5, 0.6) is 5.75 Å². The zero-order valence-electron chi connectivity index (χ0n) is 10.2. The average Bonchev–Trinajstić information content (AvgIpc) is 2.78. The average molecular weight is 284 g/mol. The summed E-state index contributed by atoms with van der Waals surface area (Å²) >= 11 is 0. The molecule has 1 aromatic carbocycles. The van der Waals surface area contributed by atoms with Crippen molar-refractivity contribution in [2.45, 2.75) is 6.42 Å². The van der Waals surface area contributed by atoms with Crippen LogP contribution in [-0.2, 0) is 4.74 Å². The Morgan fingerprint density at radius 3 is 2.61 bits per heavy atom. The van der Waals surface area contributed by atoms with Gasteiger partial charge in [0, 0.05) is 12.5 Å². The van der Waals surface area contributed by atoms with Gasteiger partial charge in [-0.3, -0.25) is 0 Å². The van der Waals surface area contributed by atoms with Gasteiger partial charge in [0.15, 0.2) is 0 Å². The summed E-state index contributed by atoms with van der Waals surface area (Å²) in [7, 11) is 0. The predicted octanol–water partition coefficient (Wildman–Crippen LogP) is -0.840. The molecule has 1 aromatic rings. The Bertz CT molecular complexity index is 381. The molecule has 1 unspecified atom stereocenters. The minimum atomic E-state index is -5.02. The molecule has 1 fully saturated rings. The second-order valence-electron chi connectivity index (χ2n) is 4.15. The SMILES string of the molecule is F[B-](F)(F)c1ccccc1OCC1CCOC1.[K+]. The van der Waals surface area contributed by atoms with Gasteiger partial charge in [0.1, 0.15) is 0 Å². The number of benzene rings is 1. The van der Waals surface area contributed by atoms with Crippen molar-refractivity contribution in [1.82, 2.24) is 0 Å². The number of hydrogen-bond donors (Lipinski definition) is 0. The van der Waals surface area contributed by atoms with Crippen LogP contribution in [0.15, 0.2) is 24.3 Å². The molecular formula is C11H13BF3KO2. The monoisotopic (exact) mass is 284 g/mol. The molecular weight excluding hydrogens is 271 g/mol. The van der Waals surface area contributed by atoms with E-state index in [2.05, 4.69) is 0 Å². The van der Waals surface area contributed by atoms with E-state index in [-0.39, 0.29) is 69.7 Å². The number of hydrogen-bond acceptors (Lipinski definition) is 2. The summed E-state index contributed by atoms with van der Waals surface area (Å²) in [5, 5.41) is 0. The van der Waals surface area contributed by atoms with E-state index in [1.165, 1.54) is 12.1 Å². The maximum absolute atomic E-state index is 12.7. The third kappa shape index (κ3) is 4.54. The van der Waals surface area contributed by atoms with Crippen molar-refractivity contribution in [3.63, 3.8) is 0 Å². The Morgan fingerprint density at radius 2 is 2.00 bits per heavy atom. The summed E-state index contributed by atoms with van der Waals surface area (Å²) in [6.07, 6.45) is 0.847. The van der Waals surface area contributed by atoms with Crippen molar-refractivity contribution >= 4 is 12.4 Å². The van der Waals surface area contributed by atoms with Gasteiger partial charge < -0.3 is 22.4 Å². The fourth-order valence-electron chi connectivity index (χ4n) is 1.80. The van der Waals surface area contributed by atoms with Gasteiger partial charge in [-0.2, -0.15) is 0 Å². The van der Waals surface area contributed by atoms with Crippen LogP contribution in [0.25, 0.3) is 0 Å². The summed E-state index contributed by atoms with van der Waals surface area (Å²) in [5.74, 6) is 0.121. The molecule has 0 aliphatic carbocycles. The molecule has 1 heterocycles. The van der Waals surface area contributed by atoms with Crippen LogP contribution in [0.3, 0.4) is 0 Å². The van der Waals surface area contributed by atoms with Crippen LogP contribution in [-0.4, -0.2) is 26.8 Å². The van der Waals surface area contributed by atoms with Crippen LogP contribution >= 0.6 is 0 Å². The molecule has 1 aliphatic heterocycles. The van der Waals surface area contributed by atoms with Gasteiger partial charge in [0.05, 0.1) is 19.0 Å². The fraction of sp³-hybridized carbons (Fsp3) is 0.455. The van der Waals surface area contributed by atoms with Gasteiger partial charge in [0.2, 0.25) is 0 Å². The predicted molar refractivity (Wildman–Crippen MR) is 59.6 cm³/mol. The van der Waals surface area contributed by atoms with Crippen LogP contribution in [0.2, 0.25) is 0 Å².